The molecule has 3 nitrogen and oxygen atoms in total. The van der Waals surface area contributed by atoms with Crippen LogP contribution < -0.4 is 26.0 Å². The molecule has 0 aromatic heterocycles. The van der Waals surface area contributed by atoms with Gasteiger partial charge in [-0.15, -0.1) is 0 Å². The second kappa shape index (κ2) is 29.7. The predicted molar refractivity (Wildman–Crippen MR) is 417 cm³/mol. The third kappa shape index (κ3) is 17.9. The normalized spacial score (nSPS) is 18.9. The Labute approximate surface area is 591 Å². The topological polar surface area (TPSA) is 15.7 Å². The van der Waals surface area contributed by atoms with Crippen LogP contribution in [0, 0.1) is 32.6 Å². The molecule has 6 aromatic rings. The third-order valence-electron chi connectivity index (χ3n) is 21.0. The number of methoxy groups -OCH3 is 1. The van der Waals surface area contributed by atoms with Crippen molar-refractivity contribution in [1.82, 2.24) is 9.80 Å². The molecule has 0 bridgehead atoms. The van der Waals surface area contributed by atoms with Gasteiger partial charge in [-0.25, -0.2) is 0 Å². The summed E-state index contributed by atoms with van der Waals surface area (Å²) in [7, 11) is 9.70. The van der Waals surface area contributed by atoms with E-state index >= 15 is 0 Å². The first-order chi connectivity index (χ1) is 42.6. The van der Waals surface area contributed by atoms with Crippen molar-refractivity contribution < 1.29 is 21.8 Å². The first-order valence-corrected chi connectivity index (χ1v) is 38.6. The molecule has 2 fully saturated rings. The summed E-state index contributed by atoms with van der Waals surface area (Å²) < 4.78 is 6.29. The summed E-state index contributed by atoms with van der Waals surface area (Å²) in [6.07, 6.45) is 7.69. The van der Waals surface area contributed by atoms with Crippen LogP contribution in [0.3, 0.4) is 0 Å². The molecule has 6 aromatic carbocycles. The van der Waals surface area contributed by atoms with Gasteiger partial charge in [0.25, 0.3) is 0 Å². The zero-order valence-corrected chi connectivity index (χ0v) is 68.5. The van der Waals surface area contributed by atoms with Gasteiger partial charge in [0.15, 0.2) is 0 Å². The molecule has 0 aliphatic heterocycles. The molecule has 7 atom stereocenters. The Morgan fingerprint density at radius 3 is 0.745 bits per heavy atom. The fourth-order valence-corrected chi connectivity index (χ4v) is 23.4. The van der Waals surface area contributed by atoms with Crippen LogP contribution in [0.4, 0.5) is 0 Å². The Balaban J connectivity index is 0.000000295. The molecule has 518 valence electrons. The molecule has 2 aliphatic carbocycles. The van der Waals surface area contributed by atoms with E-state index in [9.17, 15) is 0 Å². The van der Waals surface area contributed by atoms with Crippen molar-refractivity contribution in [1.29, 1.82) is 0 Å². The molecular weight excluding hydrogens is 1220 g/mol. The zero-order valence-electron chi connectivity index (χ0n) is 65.6. The minimum absolute atomic E-state index is 0. The number of hydrogen-bond acceptors (Lipinski definition) is 3. The van der Waals surface area contributed by atoms with E-state index in [0.29, 0.717) is 35.2 Å². The van der Waals surface area contributed by atoms with E-state index in [1.807, 2.05) is 7.11 Å². The van der Waals surface area contributed by atoms with E-state index in [2.05, 4.69) is 334 Å². The van der Waals surface area contributed by atoms with Gasteiger partial charge in [0.05, 0.1) is 7.11 Å². The molecule has 0 spiro atoms. The quantitative estimate of drug-likeness (QED) is 0.0847. The minimum atomic E-state index is -0.704. The molecule has 0 N–H and O–H groups in total. The van der Waals surface area contributed by atoms with Crippen molar-refractivity contribution in [3.8, 4) is 5.75 Å². The zero-order chi connectivity index (χ0) is 69.8. The fraction of sp³-hybridized carbons (Fsp3) is 0.591. The van der Waals surface area contributed by atoms with E-state index in [-0.39, 0.29) is 60.4 Å². The standard InChI is InChI=1S/C44H66NOP.C44H66NP.Fe/c1-29-34(41(2,3)4)25-31(26-35(29)42(5,6)7)47(32-27-36(43(8,9)10)40(46-16)37(28-32)44(11,12)13)38-24-20-23-33(38)39(45(14)15)30-21-18-17-19-22-30;1-29-35(41(3,4)5)25-32(26-36(29)42(6,7)8)46(33-27-37(43(9,10)11)30(2)38(28-33)44(12,13)14)39-24-20-23-34(39)40(45(15)16)31-21-18-17-19-22-31;/h17-19,21-22,25-28,33,38-39H,20,23-24H2,1-16H3;17-19,21-22,25-28,34,39-40H,20,23-24H2,1-16H3;/t33?,38?,39-,47?;34?,39?,40-;/m11./s1. The second-order valence-electron chi connectivity index (χ2n) is 37.3. The Kier molecular flexibility index (Phi) is 25.1. The third-order valence-corrected chi connectivity index (χ3v) is 26.8. The van der Waals surface area contributed by atoms with Gasteiger partial charge in [0.2, 0.25) is 0 Å². The van der Waals surface area contributed by atoms with Gasteiger partial charge >= 0.3 is 0 Å². The first-order valence-electron chi connectivity index (χ1n) is 35.8. The van der Waals surface area contributed by atoms with Crippen molar-refractivity contribution in [3.05, 3.63) is 182 Å². The van der Waals surface area contributed by atoms with Crippen LogP contribution >= 0.6 is 15.8 Å². The van der Waals surface area contributed by atoms with E-state index in [1.54, 1.807) is 15.9 Å². The molecule has 8 rings (SSSR count). The van der Waals surface area contributed by atoms with Gasteiger partial charge in [-0.3, -0.25) is 0 Å². The molecule has 2 saturated carbocycles. The number of benzene rings is 6. The summed E-state index contributed by atoms with van der Waals surface area (Å²) in [5.41, 5.74) is 20.5. The summed E-state index contributed by atoms with van der Waals surface area (Å²) in [6.45, 7) is 64.5. The summed E-state index contributed by atoms with van der Waals surface area (Å²) in [6, 6.07) is 44.5. The number of ether oxygens (including phenoxy) is 1. The van der Waals surface area contributed by atoms with Crippen molar-refractivity contribution in [2.24, 2.45) is 11.8 Å². The van der Waals surface area contributed by atoms with Crippen LogP contribution in [0.15, 0.2) is 109 Å². The van der Waals surface area contributed by atoms with Gasteiger partial charge in [0.1, 0.15) is 5.75 Å². The second-order valence-corrected chi connectivity index (χ2v) is 42.1. The van der Waals surface area contributed by atoms with Crippen LogP contribution in [-0.2, 0) is 60.4 Å². The monoisotopic (exact) mass is 1350 g/mol. The predicted octanol–water partition coefficient (Wildman–Crippen LogP) is 22.5. The maximum Gasteiger partial charge on any atom is 0.126 e. The Hall–Kier alpha value is -3.58. The van der Waals surface area contributed by atoms with E-state index in [0.717, 1.165) is 5.75 Å². The number of nitrogens with zero attached hydrogens (tertiary/aromatic N) is 2. The van der Waals surface area contributed by atoms with Crippen molar-refractivity contribution in [2.75, 3.05) is 35.3 Å². The molecule has 2 aliphatic rings. The summed E-state index contributed by atoms with van der Waals surface area (Å²) >= 11 is 0. The van der Waals surface area contributed by atoms with Crippen molar-refractivity contribution in [2.45, 2.75) is 292 Å². The molecule has 0 radical (unpaired) electrons. The van der Waals surface area contributed by atoms with E-state index in [1.165, 1.54) is 116 Å². The molecular formula is C88H132FeN2OP2. The van der Waals surface area contributed by atoms with Gasteiger partial charge in [-0.05, 0) is 252 Å². The van der Waals surface area contributed by atoms with E-state index in [4.69, 9.17) is 4.74 Å². The molecule has 0 heterocycles. The molecule has 0 amide bonds. The van der Waals surface area contributed by atoms with Gasteiger partial charge < -0.3 is 14.5 Å². The van der Waals surface area contributed by atoms with Crippen LogP contribution in [0.1, 0.15) is 289 Å². The van der Waals surface area contributed by atoms with Crippen molar-refractivity contribution in [3.63, 3.8) is 0 Å². The maximum absolute atomic E-state index is 6.29. The molecule has 94 heavy (non-hydrogen) atoms. The number of hydrogen-bond donors (Lipinski definition) is 0. The van der Waals surface area contributed by atoms with E-state index < -0.39 is 15.8 Å². The minimum Gasteiger partial charge on any atom is -0.496 e. The average Bonchev–Trinajstić information content (AvgIpc) is 1.11. The van der Waals surface area contributed by atoms with Gasteiger partial charge in [-0.1, -0.05) is 276 Å². The van der Waals surface area contributed by atoms with Gasteiger partial charge in [0, 0.05) is 40.3 Å². The van der Waals surface area contributed by atoms with Crippen LogP contribution in [-0.4, -0.2) is 56.4 Å². The first kappa shape index (κ1) is 79.4. The van der Waals surface area contributed by atoms with Crippen LogP contribution in [0.5, 0.6) is 5.75 Å². The summed E-state index contributed by atoms with van der Waals surface area (Å²) in [5, 5.41) is 6.23. The fourth-order valence-electron chi connectivity index (χ4n) is 16.8. The smallest absolute Gasteiger partial charge is 0.126 e. The average molecular weight is 1350 g/mol. The Morgan fingerprint density at radius 2 is 0.553 bits per heavy atom. The Morgan fingerprint density at radius 1 is 0.340 bits per heavy atom. The molecule has 0 saturated heterocycles. The van der Waals surface area contributed by atoms with Crippen LogP contribution in [0.2, 0.25) is 0 Å². The molecule has 5 unspecified atom stereocenters. The van der Waals surface area contributed by atoms with Crippen LogP contribution in [0.25, 0.3) is 0 Å². The van der Waals surface area contributed by atoms with Crippen molar-refractivity contribution >= 4 is 37.1 Å². The molecule has 6 heteroatoms. The Bertz CT molecular complexity index is 3280. The van der Waals surface area contributed by atoms with Gasteiger partial charge in [-0.2, -0.15) is 0 Å². The largest absolute Gasteiger partial charge is 0.496 e. The SMILES string of the molecule is COc1c(C(C)(C)C)cc(P(c2cc(C(C)(C)C)c(C)c(C(C)(C)C)c2)C2CCCC2[C@@H](c2ccccc2)N(C)C)cc1C(C)(C)C.Cc1c(C(C)(C)C)cc(P(c2cc(C(C)(C)C)c(C)c(C(C)(C)C)c2)C2CCCC2[C@@H](c2ccccc2)N(C)C)cc1C(C)(C)C.[Fe]. The summed E-state index contributed by atoms with van der Waals surface area (Å²) in [4.78, 5) is 5.01. The maximum atomic E-state index is 6.29. The number of rotatable bonds is 13. The summed E-state index contributed by atoms with van der Waals surface area (Å²) in [5.74, 6) is 2.23.